The highest BCUT2D eigenvalue weighted by molar-refractivity contribution is 5.84. The van der Waals surface area contributed by atoms with E-state index >= 15 is 0 Å². The molecule has 0 saturated carbocycles. The van der Waals surface area contributed by atoms with Crippen LogP contribution in [0.2, 0.25) is 0 Å². The molecular formula is C24H27NO3. The van der Waals surface area contributed by atoms with Crippen LogP contribution in [0.15, 0.2) is 45.6 Å². The van der Waals surface area contributed by atoms with Crippen LogP contribution in [-0.4, -0.2) is 17.3 Å². The Morgan fingerprint density at radius 2 is 1.82 bits per heavy atom. The zero-order valence-electron chi connectivity index (χ0n) is 16.7. The summed E-state index contributed by atoms with van der Waals surface area (Å²) < 4.78 is 5.53. The number of para-hydroxylation sites is 1. The zero-order chi connectivity index (χ0) is 19.8. The van der Waals surface area contributed by atoms with Crippen LogP contribution in [0.4, 0.5) is 5.69 Å². The van der Waals surface area contributed by atoms with Crippen LogP contribution in [0.3, 0.4) is 0 Å². The van der Waals surface area contributed by atoms with Gasteiger partial charge in [0.05, 0.1) is 12.1 Å². The molecule has 1 heterocycles. The molecule has 0 amide bonds. The Labute approximate surface area is 165 Å². The maximum atomic E-state index is 11.9. The van der Waals surface area contributed by atoms with Crippen LogP contribution in [0.5, 0.6) is 0 Å². The molecule has 0 aliphatic heterocycles. The Morgan fingerprint density at radius 3 is 2.50 bits per heavy atom. The monoisotopic (exact) mass is 377 g/mol. The lowest BCUT2D eigenvalue weighted by Gasteiger charge is -2.32. The Balaban J connectivity index is 1.72. The fourth-order valence-corrected chi connectivity index (χ4v) is 4.38. The summed E-state index contributed by atoms with van der Waals surface area (Å²) in [6, 6.07) is 12.0. The van der Waals surface area contributed by atoms with E-state index in [4.69, 9.17) is 4.42 Å². The molecule has 2 atom stereocenters. The fraction of sp³-hybridized carbons (Fsp3) is 0.375. The molecular weight excluding hydrogens is 350 g/mol. The van der Waals surface area contributed by atoms with E-state index < -0.39 is 6.10 Å². The molecule has 0 unspecified atom stereocenters. The number of aliphatic hydroxyl groups is 1. The molecule has 4 rings (SSSR count). The molecule has 2 N–H and O–H groups in total. The first kappa shape index (κ1) is 18.8. The molecule has 1 aliphatic rings. The SMILES string of the molecule is CCc1cccc(CC)c1N[C@@H]1Cc2ccc3c(C)cc(=O)oc3c2C[C@H]1O. The molecule has 1 aromatic heterocycles. The third-order valence-electron chi connectivity index (χ3n) is 5.97. The molecule has 0 bridgehead atoms. The normalized spacial score (nSPS) is 18.9. The number of hydrogen-bond acceptors (Lipinski definition) is 4. The van der Waals surface area contributed by atoms with Crippen molar-refractivity contribution in [1.82, 2.24) is 0 Å². The highest BCUT2D eigenvalue weighted by atomic mass is 16.4. The third kappa shape index (κ3) is 3.22. The maximum absolute atomic E-state index is 11.9. The Bertz CT molecular complexity index is 1060. The lowest BCUT2D eigenvalue weighted by molar-refractivity contribution is 0.145. The van der Waals surface area contributed by atoms with Crippen molar-refractivity contribution in [1.29, 1.82) is 0 Å². The van der Waals surface area contributed by atoms with E-state index in [0.717, 1.165) is 40.6 Å². The minimum Gasteiger partial charge on any atom is -0.422 e. The van der Waals surface area contributed by atoms with Gasteiger partial charge >= 0.3 is 5.63 Å². The van der Waals surface area contributed by atoms with Crippen molar-refractivity contribution in [3.8, 4) is 0 Å². The van der Waals surface area contributed by atoms with Gasteiger partial charge in [-0.15, -0.1) is 0 Å². The number of hydrogen-bond donors (Lipinski definition) is 2. The van der Waals surface area contributed by atoms with Crippen molar-refractivity contribution in [2.24, 2.45) is 0 Å². The summed E-state index contributed by atoms with van der Waals surface area (Å²) in [6.07, 6.45) is 2.53. The highest BCUT2D eigenvalue weighted by Gasteiger charge is 2.30. The smallest absolute Gasteiger partial charge is 0.336 e. The van der Waals surface area contributed by atoms with Gasteiger partial charge in [-0.25, -0.2) is 4.79 Å². The highest BCUT2D eigenvalue weighted by Crippen LogP contribution is 2.32. The van der Waals surface area contributed by atoms with Crippen molar-refractivity contribution in [3.63, 3.8) is 0 Å². The molecule has 3 aromatic rings. The first-order valence-electron chi connectivity index (χ1n) is 10.1. The summed E-state index contributed by atoms with van der Waals surface area (Å²) >= 11 is 0. The van der Waals surface area contributed by atoms with E-state index in [9.17, 15) is 9.90 Å². The Hall–Kier alpha value is -2.59. The number of anilines is 1. The summed E-state index contributed by atoms with van der Waals surface area (Å²) in [5.74, 6) is 0. The summed E-state index contributed by atoms with van der Waals surface area (Å²) in [4.78, 5) is 11.9. The van der Waals surface area contributed by atoms with Gasteiger partial charge in [0, 0.05) is 29.1 Å². The van der Waals surface area contributed by atoms with E-state index in [1.54, 1.807) is 0 Å². The van der Waals surface area contributed by atoms with Gasteiger partial charge in [-0.2, -0.15) is 0 Å². The Kier molecular flexibility index (Phi) is 4.98. The van der Waals surface area contributed by atoms with Gasteiger partial charge in [0.2, 0.25) is 0 Å². The molecule has 146 valence electrons. The van der Waals surface area contributed by atoms with Crippen LogP contribution in [0.1, 0.15) is 41.7 Å². The largest absolute Gasteiger partial charge is 0.422 e. The molecule has 4 heteroatoms. The predicted molar refractivity (Wildman–Crippen MR) is 113 cm³/mol. The molecule has 0 spiro atoms. The van der Waals surface area contributed by atoms with Crippen LogP contribution in [-0.2, 0) is 25.7 Å². The van der Waals surface area contributed by atoms with Gasteiger partial charge in [0.25, 0.3) is 0 Å². The summed E-state index contributed by atoms with van der Waals surface area (Å²) in [7, 11) is 0. The molecule has 0 radical (unpaired) electrons. The van der Waals surface area contributed by atoms with Crippen LogP contribution >= 0.6 is 0 Å². The van der Waals surface area contributed by atoms with Crippen molar-refractivity contribution < 1.29 is 9.52 Å². The van der Waals surface area contributed by atoms with Crippen LogP contribution in [0.25, 0.3) is 11.0 Å². The van der Waals surface area contributed by atoms with Crippen LogP contribution < -0.4 is 10.9 Å². The van der Waals surface area contributed by atoms with E-state index in [-0.39, 0.29) is 11.7 Å². The van der Waals surface area contributed by atoms with Crippen molar-refractivity contribution in [2.75, 3.05) is 5.32 Å². The minimum atomic E-state index is -0.543. The molecule has 0 fully saturated rings. The number of nitrogens with one attached hydrogen (secondary N) is 1. The Morgan fingerprint density at radius 1 is 1.11 bits per heavy atom. The average molecular weight is 377 g/mol. The van der Waals surface area contributed by atoms with Gasteiger partial charge in [0.15, 0.2) is 0 Å². The number of benzene rings is 2. The third-order valence-corrected chi connectivity index (χ3v) is 5.97. The summed E-state index contributed by atoms with van der Waals surface area (Å²) in [6.45, 7) is 6.23. The molecule has 4 nitrogen and oxygen atoms in total. The zero-order valence-corrected chi connectivity index (χ0v) is 16.7. The average Bonchev–Trinajstić information content (AvgIpc) is 2.68. The van der Waals surface area contributed by atoms with E-state index in [2.05, 4.69) is 43.4 Å². The minimum absolute atomic E-state index is 0.0699. The number of fused-ring (bicyclic) bond motifs is 3. The summed E-state index contributed by atoms with van der Waals surface area (Å²) in [5, 5.41) is 15.5. The molecule has 1 aliphatic carbocycles. The van der Waals surface area contributed by atoms with Crippen LogP contribution in [0, 0.1) is 6.92 Å². The van der Waals surface area contributed by atoms with Crippen molar-refractivity contribution in [2.45, 2.75) is 58.6 Å². The van der Waals surface area contributed by atoms with Crippen molar-refractivity contribution >= 4 is 16.7 Å². The summed E-state index contributed by atoms with van der Waals surface area (Å²) in [5.41, 5.74) is 7.01. The van der Waals surface area contributed by atoms with Gasteiger partial charge in [-0.3, -0.25) is 0 Å². The first-order valence-corrected chi connectivity index (χ1v) is 10.1. The maximum Gasteiger partial charge on any atom is 0.336 e. The van der Waals surface area contributed by atoms with E-state index in [1.807, 2.05) is 13.0 Å². The van der Waals surface area contributed by atoms with Gasteiger partial charge in [-0.05, 0) is 48.4 Å². The topological polar surface area (TPSA) is 62.5 Å². The number of aryl methyl sites for hydroxylation is 3. The predicted octanol–water partition coefficient (Wildman–Crippen LogP) is 4.17. The fourth-order valence-electron chi connectivity index (χ4n) is 4.38. The van der Waals surface area contributed by atoms with Gasteiger partial charge in [0.1, 0.15) is 5.58 Å². The lowest BCUT2D eigenvalue weighted by atomic mass is 9.84. The number of rotatable bonds is 4. The number of aliphatic hydroxyl groups excluding tert-OH is 1. The second-order valence-corrected chi connectivity index (χ2v) is 7.71. The molecule has 2 aromatic carbocycles. The van der Waals surface area contributed by atoms with E-state index in [0.29, 0.717) is 18.4 Å². The first-order chi connectivity index (χ1) is 13.5. The van der Waals surface area contributed by atoms with Gasteiger partial charge < -0.3 is 14.8 Å². The standard InChI is InChI=1S/C24H27NO3/c1-4-15-7-6-8-16(5-2)23(15)25-20-12-17-9-10-18-14(3)11-22(27)28-24(18)19(17)13-21(20)26/h6-11,20-21,25-26H,4-5,12-13H2,1-3H3/t20-,21-/m1/s1. The quantitative estimate of drug-likeness (QED) is 0.670. The second kappa shape index (κ2) is 7.44. The van der Waals surface area contributed by atoms with E-state index in [1.165, 1.54) is 17.2 Å². The second-order valence-electron chi connectivity index (χ2n) is 7.71. The lowest BCUT2D eigenvalue weighted by Crippen LogP contribution is -2.41. The van der Waals surface area contributed by atoms with Crippen molar-refractivity contribution in [3.05, 3.63) is 74.6 Å². The van der Waals surface area contributed by atoms with Gasteiger partial charge in [-0.1, -0.05) is 44.2 Å². The molecule has 28 heavy (non-hydrogen) atoms. The molecule has 0 saturated heterocycles.